The zero-order valence-electron chi connectivity index (χ0n) is 9.06. The number of aliphatic hydroxyl groups excluding tert-OH is 4. The molecule has 0 saturated carbocycles. The predicted octanol–water partition coefficient (Wildman–Crippen LogP) is -2.85. The van der Waals surface area contributed by atoms with Gasteiger partial charge in [0.15, 0.2) is 6.29 Å². The quantitative estimate of drug-likeness (QED) is 0.356. The van der Waals surface area contributed by atoms with Crippen LogP contribution in [0.1, 0.15) is 6.92 Å². The highest BCUT2D eigenvalue weighted by molar-refractivity contribution is 4.91. The normalized spacial score (nSPS) is 42.0. The van der Waals surface area contributed by atoms with E-state index in [-0.39, 0.29) is 13.2 Å². The lowest BCUT2D eigenvalue weighted by Crippen LogP contribution is -2.60. The van der Waals surface area contributed by atoms with Gasteiger partial charge in [0, 0.05) is 6.54 Å². The van der Waals surface area contributed by atoms with Crippen molar-refractivity contribution in [2.45, 2.75) is 43.7 Å². The van der Waals surface area contributed by atoms with Crippen LogP contribution in [0.5, 0.6) is 0 Å². The molecule has 0 spiro atoms. The Labute approximate surface area is 93.4 Å². The van der Waals surface area contributed by atoms with Gasteiger partial charge in [-0.05, 0) is 6.92 Å². The topological polar surface area (TPSA) is 125 Å². The van der Waals surface area contributed by atoms with Crippen LogP contribution in [-0.2, 0) is 9.47 Å². The van der Waals surface area contributed by atoms with E-state index in [1.54, 1.807) is 0 Å². The van der Waals surface area contributed by atoms with E-state index in [1.807, 2.05) is 0 Å². The Morgan fingerprint density at radius 1 is 1.25 bits per heavy atom. The lowest BCUT2D eigenvalue weighted by molar-refractivity contribution is -0.308. The van der Waals surface area contributed by atoms with Crippen molar-refractivity contribution in [3.63, 3.8) is 0 Å². The molecule has 96 valence electrons. The van der Waals surface area contributed by atoms with Crippen molar-refractivity contribution in [1.82, 2.24) is 0 Å². The van der Waals surface area contributed by atoms with Crippen molar-refractivity contribution in [3.05, 3.63) is 0 Å². The Balaban J connectivity index is 2.65. The SMILES string of the molecule is C[C@H](O)[C@H]1O[C@@H](OCCN)[C@H](O)[C@@H](O)[C@@H]1O. The molecule has 7 nitrogen and oxygen atoms in total. The summed E-state index contributed by atoms with van der Waals surface area (Å²) in [5, 5.41) is 38.0. The van der Waals surface area contributed by atoms with Gasteiger partial charge in [0.2, 0.25) is 0 Å². The summed E-state index contributed by atoms with van der Waals surface area (Å²) < 4.78 is 10.2. The van der Waals surface area contributed by atoms with Crippen molar-refractivity contribution in [3.8, 4) is 0 Å². The van der Waals surface area contributed by atoms with E-state index in [1.165, 1.54) is 6.92 Å². The highest BCUT2D eigenvalue weighted by Gasteiger charge is 2.45. The van der Waals surface area contributed by atoms with Crippen LogP contribution in [0.2, 0.25) is 0 Å². The van der Waals surface area contributed by atoms with Gasteiger partial charge in [-0.15, -0.1) is 0 Å². The second-order valence-corrected chi connectivity index (χ2v) is 3.84. The molecule has 0 aromatic rings. The summed E-state index contributed by atoms with van der Waals surface area (Å²) in [6.07, 6.45) is -7.22. The molecule has 1 aliphatic rings. The first kappa shape index (κ1) is 13.8. The summed E-state index contributed by atoms with van der Waals surface area (Å²) >= 11 is 0. The van der Waals surface area contributed by atoms with Crippen LogP contribution in [-0.4, -0.2) is 70.4 Å². The summed E-state index contributed by atoms with van der Waals surface area (Å²) in [6.45, 7) is 1.81. The average Bonchev–Trinajstić information content (AvgIpc) is 2.24. The molecule has 0 amide bonds. The van der Waals surface area contributed by atoms with Crippen molar-refractivity contribution >= 4 is 0 Å². The third kappa shape index (κ3) is 2.89. The molecule has 1 rings (SSSR count). The van der Waals surface area contributed by atoms with Gasteiger partial charge in [-0.2, -0.15) is 0 Å². The Hall–Kier alpha value is -0.280. The molecule has 1 heterocycles. The molecule has 6 N–H and O–H groups in total. The first-order valence-corrected chi connectivity index (χ1v) is 5.18. The van der Waals surface area contributed by atoms with Crippen LogP contribution in [0.3, 0.4) is 0 Å². The highest BCUT2D eigenvalue weighted by Crippen LogP contribution is 2.23. The van der Waals surface area contributed by atoms with E-state index in [9.17, 15) is 20.4 Å². The molecule has 6 atom stereocenters. The fourth-order valence-corrected chi connectivity index (χ4v) is 1.59. The van der Waals surface area contributed by atoms with Gasteiger partial charge in [0.25, 0.3) is 0 Å². The fraction of sp³-hybridized carbons (Fsp3) is 1.00. The lowest BCUT2D eigenvalue weighted by Gasteiger charge is -2.41. The Morgan fingerprint density at radius 3 is 2.38 bits per heavy atom. The van der Waals surface area contributed by atoms with Crippen molar-refractivity contribution < 1.29 is 29.9 Å². The summed E-state index contributed by atoms with van der Waals surface area (Å²) in [7, 11) is 0. The Bertz CT molecular complexity index is 214. The molecule has 0 aliphatic carbocycles. The lowest BCUT2D eigenvalue weighted by atomic mass is 9.96. The molecule has 1 aliphatic heterocycles. The smallest absolute Gasteiger partial charge is 0.186 e. The van der Waals surface area contributed by atoms with E-state index < -0.39 is 36.8 Å². The Kier molecular flexibility index (Phi) is 5.06. The zero-order chi connectivity index (χ0) is 12.3. The summed E-state index contributed by atoms with van der Waals surface area (Å²) in [6, 6.07) is 0. The summed E-state index contributed by atoms with van der Waals surface area (Å²) in [5.41, 5.74) is 5.22. The molecule has 0 unspecified atom stereocenters. The second-order valence-electron chi connectivity index (χ2n) is 3.84. The van der Waals surface area contributed by atoms with Crippen LogP contribution in [0.15, 0.2) is 0 Å². The van der Waals surface area contributed by atoms with Gasteiger partial charge in [0.1, 0.15) is 24.4 Å². The number of ether oxygens (including phenoxy) is 2. The number of nitrogens with two attached hydrogens (primary N) is 1. The maximum absolute atomic E-state index is 9.55. The molecule has 1 fully saturated rings. The van der Waals surface area contributed by atoms with E-state index in [4.69, 9.17) is 15.2 Å². The van der Waals surface area contributed by atoms with E-state index in [0.29, 0.717) is 0 Å². The molecule has 0 radical (unpaired) electrons. The first-order chi connectivity index (χ1) is 7.49. The van der Waals surface area contributed by atoms with Gasteiger partial charge >= 0.3 is 0 Å². The van der Waals surface area contributed by atoms with Crippen molar-refractivity contribution in [2.75, 3.05) is 13.2 Å². The van der Waals surface area contributed by atoms with Gasteiger partial charge in [-0.3, -0.25) is 0 Å². The van der Waals surface area contributed by atoms with Crippen LogP contribution in [0, 0.1) is 0 Å². The van der Waals surface area contributed by atoms with Gasteiger partial charge in [-0.1, -0.05) is 0 Å². The number of aliphatic hydroxyl groups is 4. The largest absolute Gasteiger partial charge is 0.391 e. The van der Waals surface area contributed by atoms with Gasteiger partial charge < -0.3 is 35.6 Å². The fourth-order valence-electron chi connectivity index (χ4n) is 1.59. The molecule has 0 aromatic heterocycles. The highest BCUT2D eigenvalue weighted by atomic mass is 16.7. The van der Waals surface area contributed by atoms with Crippen LogP contribution in [0.4, 0.5) is 0 Å². The third-order valence-corrected chi connectivity index (χ3v) is 2.48. The predicted molar refractivity (Wildman–Crippen MR) is 53.4 cm³/mol. The minimum atomic E-state index is -1.42. The van der Waals surface area contributed by atoms with E-state index in [0.717, 1.165) is 0 Å². The number of hydrogen-bond acceptors (Lipinski definition) is 7. The summed E-state index contributed by atoms with van der Waals surface area (Å²) in [5.74, 6) is 0. The molecular formula is C9H19NO6. The molecule has 16 heavy (non-hydrogen) atoms. The van der Waals surface area contributed by atoms with Crippen LogP contribution in [0.25, 0.3) is 0 Å². The molecule has 7 heteroatoms. The molecule has 0 bridgehead atoms. The summed E-state index contributed by atoms with van der Waals surface area (Å²) in [4.78, 5) is 0. The zero-order valence-corrected chi connectivity index (χ0v) is 9.06. The van der Waals surface area contributed by atoms with Gasteiger partial charge in [-0.25, -0.2) is 0 Å². The average molecular weight is 237 g/mol. The molecule has 1 saturated heterocycles. The van der Waals surface area contributed by atoms with Crippen LogP contribution < -0.4 is 5.73 Å². The number of rotatable bonds is 4. The molecular weight excluding hydrogens is 218 g/mol. The minimum Gasteiger partial charge on any atom is -0.391 e. The Morgan fingerprint density at radius 2 is 1.88 bits per heavy atom. The third-order valence-electron chi connectivity index (χ3n) is 2.48. The van der Waals surface area contributed by atoms with Crippen molar-refractivity contribution in [1.29, 1.82) is 0 Å². The molecule has 0 aromatic carbocycles. The van der Waals surface area contributed by atoms with Gasteiger partial charge in [0.05, 0.1) is 12.7 Å². The van der Waals surface area contributed by atoms with Crippen LogP contribution >= 0.6 is 0 Å². The maximum Gasteiger partial charge on any atom is 0.186 e. The van der Waals surface area contributed by atoms with E-state index >= 15 is 0 Å². The maximum atomic E-state index is 9.55. The monoisotopic (exact) mass is 237 g/mol. The second kappa shape index (κ2) is 5.87. The number of hydrogen-bond donors (Lipinski definition) is 5. The first-order valence-electron chi connectivity index (χ1n) is 5.18. The van der Waals surface area contributed by atoms with E-state index in [2.05, 4.69) is 0 Å². The minimum absolute atomic E-state index is 0.150. The van der Waals surface area contributed by atoms with Crippen molar-refractivity contribution in [2.24, 2.45) is 5.73 Å². The standard InChI is InChI=1S/C9H19NO6/c1-4(11)8-6(13)5(12)7(14)9(16-8)15-3-2-10/h4-9,11-14H,2-3,10H2,1H3/t4-,5-,6-,7+,8+,9+/m0/s1.